The minimum Gasteiger partial charge on any atom is -0.393 e. The third-order valence-electron chi connectivity index (χ3n) is 2.07. The average molecular weight is 258 g/mol. The molecule has 0 saturated heterocycles. The van der Waals surface area contributed by atoms with Crippen LogP contribution in [0.4, 0.5) is 8.78 Å². The van der Waals surface area contributed by atoms with Gasteiger partial charge in [-0.3, -0.25) is 4.79 Å². The van der Waals surface area contributed by atoms with Gasteiger partial charge in [0.25, 0.3) is 5.91 Å². The van der Waals surface area contributed by atoms with Gasteiger partial charge < -0.3 is 11.1 Å². The number of nitrogens with two attached hydrogens (primary N) is 1. The van der Waals surface area contributed by atoms with E-state index in [-0.39, 0.29) is 17.5 Å². The van der Waals surface area contributed by atoms with E-state index >= 15 is 0 Å². The predicted octanol–water partition coefficient (Wildman–Crippen LogP) is 1.76. The molecule has 3 N–H and O–H groups in total. The van der Waals surface area contributed by atoms with Gasteiger partial charge >= 0.3 is 0 Å². The molecule has 0 radical (unpaired) electrons. The first-order valence-corrected chi connectivity index (χ1v) is 5.35. The maximum Gasteiger partial charge on any atom is 0.257 e. The SMILES string of the molecule is CC(CC(N)=S)NC(=O)c1c(F)cccc1F. The minimum atomic E-state index is -0.898. The number of hydrogen-bond donors (Lipinski definition) is 2. The molecule has 0 aromatic heterocycles. The Hall–Kier alpha value is -1.56. The second-order valence-corrected chi connectivity index (χ2v) is 4.17. The molecule has 0 fully saturated rings. The fraction of sp³-hybridized carbons (Fsp3) is 0.273. The minimum absolute atomic E-state index is 0.229. The van der Waals surface area contributed by atoms with E-state index < -0.39 is 23.1 Å². The maximum absolute atomic E-state index is 13.3. The summed E-state index contributed by atoms with van der Waals surface area (Å²) in [5.41, 5.74) is 4.70. The fourth-order valence-corrected chi connectivity index (χ4v) is 1.61. The van der Waals surface area contributed by atoms with E-state index in [0.29, 0.717) is 0 Å². The number of hydrogen-bond acceptors (Lipinski definition) is 2. The highest BCUT2D eigenvalue weighted by Crippen LogP contribution is 2.12. The number of benzene rings is 1. The van der Waals surface area contributed by atoms with Crippen molar-refractivity contribution in [1.29, 1.82) is 0 Å². The first-order chi connectivity index (χ1) is 7.91. The lowest BCUT2D eigenvalue weighted by Gasteiger charge is -2.13. The summed E-state index contributed by atoms with van der Waals surface area (Å²) < 4.78 is 26.5. The van der Waals surface area contributed by atoms with Crippen molar-refractivity contribution in [2.24, 2.45) is 5.73 Å². The van der Waals surface area contributed by atoms with Crippen LogP contribution in [0.1, 0.15) is 23.7 Å². The van der Waals surface area contributed by atoms with Crippen molar-refractivity contribution in [3.05, 3.63) is 35.4 Å². The Morgan fingerprint density at radius 3 is 2.47 bits per heavy atom. The topological polar surface area (TPSA) is 55.1 Å². The highest BCUT2D eigenvalue weighted by atomic mass is 32.1. The number of amides is 1. The molecule has 0 aliphatic carbocycles. The Morgan fingerprint density at radius 2 is 2.00 bits per heavy atom. The molecule has 92 valence electrons. The summed E-state index contributed by atoms with van der Waals surface area (Å²) in [5.74, 6) is -2.61. The van der Waals surface area contributed by atoms with Crippen molar-refractivity contribution < 1.29 is 13.6 Å². The highest BCUT2D eigenvalue weighted by molar-refractivity contribution is 7.80. The Bertz CT molecular complexity index is 431. The molecule has 0 aliphatic rings. The molecular formula is C11H12F2N2OS. The highest BCUT2D eigenvalue weighted by Gasteiger charge is 2.18. The van der Waals surface area contributed by atoms with Gasteiger partial charge in [0.1, 0.15) is 17.2 Å². The van der Waals surface area contributed by atoms with Gasteiger partial charge in [0.05, 0.1) is 4.99 Å². The monoisotopic (exact) mass is 258 g/mol. The Balaban J connectivity index is 2.80. The van der Waals surface area contributed by atoms with Crippen LogP contribution in [0.5, 0.6) is 0 Å². The molecule has 6 heteroatoms. The van der Waals surface area contributed by atoms with E-state index in [1.807, 2.05) is 0 Å². The first kappa shape index (κ1) is 13.5. The van der Waals surface area contributed by atoms with Crippen LogP contribution in [0.3, 0.4) is 0 Å². The van der Waals surface area contributed by atoms with Crippen LogP contribution >= 0.6 is 12.2 Å². The molecule has 0 heterocycles. The average Bonchev–Trinajstić information content (AvgIpc) is 2.15. The van der Waals surface area contributed by atoms with E-state index in [1.165, 1.54) is 6.07 Å². The summed E-state index contributed by atoms with van der Waals surface area (Å²) in [6.45, 7) is 1.65. The summed E-state index contributed by atoms with van der Waals surface area (Å²) in [6, 6.07) is 2.87. The van der Waals surface area contributed by atoms with Crippen LogP contribution in [-0.2, 0) is 0 Å². The number of carbonyl (C=O) groups excluding carboxylic acids is 1. The molecule has 0 bridgehead atoms. The van der Waals surface area contributed by atoms with E-state index in [0.717, 1.165) is 12.1 Å². The molecule has 3 nitrogen and oxygen atoms in total. The van der Waals surface area contributed by atoms with Gasteiger partial charge in [0, 0.05) is 12.5 Å². The third-order valence-corrected chi connectivity index (χ3v) is 2.24. The molecule has 0 saturated carbocycles. The van der Waals surface area contributed by atoms with Crippen LogP contribution in [0.15, 0.2) is 18.2 Å². The molecule has 1 aromatic rings. The van der Waals surface area contributed by atoms with Crippen molar-refractivity contribution in [3.8, 4) is 0 Å². The van der Waals surface area contributed by atoms with Crippen LogP contribution in [0.2, 0.25) is 0 Å². The normalized spacial score (nSPS) is 11.9. The molecule has 0 aliphatic heterocycles. The van der Waals surface area contributed by atoms with Gasteiger partial charge in [-0.15, -0.1) is 0 Å². The summed E-state index contributed by atoms with van der Waals surface area (Å²) in [4.78, 5) is 11.8. The molecule has 0 spiro atoms. The lowest BCUT2D eigenvalue weighted by Crippen LogP contribution is -2.36. The van der Waals surface area contributed by atoms with Gasteiger partial charge in [-0.2, -0.15) is 0 Å². The number of halogens is 2. The lowest BCUT2D eigenvalue weighted by atomic mass is 10.1. The Kier molecular flexibility index (Phi) is 4.51. The van der Waals surface area contributed by atoms with Crippen molar-refractivity contribution in [2.75, 3.05) is 0 Å². The summed E-state index contributed by atoms with van der Waals surface area (Å²) in [7, 11) is 0. The lowest BCUT2D eigenvalue weighted by molar-refractivity contribution is 0.0933. The third kappa shape index (κ3) is 3.74. The van der Waals surface area contributed by atoms with Crippen LogP contribution in [0.25, 0.3) is 0 Å². The van der Waals surface area contributed by atoms with E-state index in [4.69, 9.17) is 5.73 Å². The summed E-state index contributed by atoms with van der Waals surface area (Å²) >= 11 is 4.67. The zero-order chi connectivity index (χ0) is 13.0. The van der Waals surface area contributed by atoms with E-state index in [2.05, 4.69) is 17.5 Å². The molecule has 17 heavy (non-hydrogen) atoms. The molecule has 1 amide bonds. The van der Waals surface area contributed by atoms with Crippen molar-refractivity contribution in [1.82, 2.24) is 5.32 Å². The number of thiocarbonyl (C=S) groups is 1. The second-order valence-electron chi connectivity index (χ2n) is 3.64. The Morgan fingerprint density at radius 1 is 1.47 bits per heavy atom. The van der Waals surface area contributed by atoms with Crippen molar-refractivity contribution >= 4 is 23.1 Å². The summed E-state index contributed by atoms with van der Waals surface area (Å²) in [5, 5.41) is 2.42. The van der Waals surface area contributed by atoms with E-state index in [1.54, 1.807) is 6.92 Å². The van der Waals surface area contributed by atoms with Crippen molar-refractivity contribution in [3.63, 3.8) is 0 Å². The van der Waals surface area contributed by atoms with Gasteiger partial charge in [0.2, 0.25) is 0 Å². The van der Waals surface area contributed by atoms with Crippen LogP contribution in [-0.4, -0.2) is 16.9 Å². The molecular weight excluding hydrogens is 246 g/mol. The molecule has 1 aromatic carbocycles. The quantitative estimate of drug-likeness (QED) is 0.809. The standard InChI is InChI=1S/C11H12F2N2OS/c1-6(5-9(14)17)15-11(16)10-7(12)3-2-4-8(10)13/h2-4,6H,5H2,1H3,(H2,14,17)(H,15,16). The van der Waals surface area contributed by atoms with Crippen molar-refractivity contribution in [2.45, 2.75) is 19.4 Å². The first-order valence-electron chi connectivity index (χ1n) is 4.95. The van der Waals surface area contributed by atoms with Crippen LogP contribution < -0.4 is 11.1 Å². The van der Waals surface area contributed by atoms with E-state index in [9.17, 15) is 13.6 Å². The van der Waals surface area contributed by atoms with Gasteiger partial charge in [-0.05, 0) is 19.1 Å². The molecule has 1 unspecified atom stereocenters. The molecule has 1 atom stereocenters. The predicted molar refractivity (Wildman–Crippen MR) is 64.7 cm³/mol. The summed E-state index contributed by atoms with van der Waals surface area (Å²) in [6.07, 6.45) is 0.275. The zero-order valence-electron chi connectivity index (χ0n) is 9.17. The fourth-order valence-electron chi connectivity index (χ4n) is 1.36. The Labute approximate surface area is 103 Å². The maximum atomic E-state index is 13.3. The van der Waals surface area contributed by atoms with Gasteiger partial charge in [0.15, 0.2) is 0 Å². The number of rotatable bonds is 4. The number of carbonyl (C=O) groups is 1. The zero-order valence-corrected chi connectivity index (χ0v) is 9.98. The number of nitrogens with one attached hydrogen (secondary N) is 1. The molecule has 1 rings (SSSR count). The van der Waals surface area contributed by atoms with Gasteiger partial charge in [-0.25, -0.2) is 8.78 Å². The van der Waals surface area contributed by atoms with Crippen LogP contribution in [0, 0.1) is 11.6 Å². The second kappa shape index (κ2) is 5.67. The smallest absolute Gasteiger partial charge is 0.257 e. The largest absolute Gasteiger partial charge is 0.393 e. The van der Waals surface area contributed by atoms with Gasteiger partial charge in [-0.1, -0.05) is 18.3 Å².